The fraction of sp³-hybridized carbons (Fsp3) is 0.300. The topological polar surface area (TPSA) is 80.0 Å². The summed E-state index contributed by atoms with van der Waals surface area (Å²) in [5.41, 5.74) is 0.500. The Kier molecular flexibility index (Phi) is 4.88. The molecule has 2 aliphatic rings. The number of nitrogens with zero attached hydrogens (tertiary/aromatic N) is 1. The zero-order valence-corrected chi connectivity index (χ0v) is 16.0. The number of benzene rings is 1. The van der Waals surface area contributed by atoms with E-state index in [9.17, 15) is 14.7 Å². The van der Waals surface area contributed by atoms with E-state index >= 15 is 0 Å². The van der Waals surface area contributed by atoms with Crippen molar-refractivity contribution in [2.75, 3.05) is 13.2 Å². The van der Waals surface area contributed by atoms with E-state index in [0.29, 0.717) is 17.9 Å². The number of carbonyl (C=O) groups excluding carboxylic acids is 2. The number of hydrogen-bond donors (Lipinski definition) is 1. The predicted octanol–water partition coefficient (Wildman–Crippen LogP) is 3.64. The number of rotatable bonds is 4. The molecule has 0 spiro atoms. The third-order valence-electron chi connectivity index (χ3n) is 4.89. The first-order valence-corrected chi connectivity index (χ1v) is 9.55. The van der Waals surface area contributed by atoms with Gasteiger partial charge in [-0.05, 0) is 37.1 Å². The van der Waals surface area contributed by atoms with Crippen LogP contribution in [0.15, 0.2) is 57.1 Å². The highest BCUT2D eigenvalue weighted by atomic mass is 79.9. The molecule has 0 aliphatic carbocycles. The van der Waals surface area contributed by atoms with Crippen LogP contribution in [0.3, 0.4) is 0 Å². The molecule has 1 aromatic carbocycles. The van der Waals surface area contributed by atoms with Crippen molar-refractivity contribution in [3.63, 3.8) is 0 Å². The Balaban J connectivity index is 1.78. The van der Waals surface area contributed by atoms with Crippen LogP contribution in [0.25, 0.3) is 5.76 Å². The van der Waals surface area contributed by atoms with E-state index in [1.54, 1.807) is 36.4 Å². The van der Waals surface area contributed by atoms with Gasteiger partial charge in [0.1, 0.15) is 17.6 Å². The number of ketones is 1. The summed E-state index contributed by atoms with van der Waals surface area (Å²) in [6.07, 6.45) is 3.13. The Morgan fingerprint density at radius 3 is 2.63 bits per heavy atom. The van der Waals surface area contributed by atoms with Gasteiger partial charge in [-0.25, -0.2) is 0 Å². The first-order chi connectivity index (χ1) is 13.1. The maximum atomic E-state index is 12.8. The number of aliphatic hydroxyl groups is 1. The number of hydrogen-bond acceptors (Lipinski definition) is 5. The molecule has 4 rings (SSSR count). The summed E-state index contributed by atoms with van der Waals surface area (Å²) in [7, 11) is 0. The lowest BCUT2D eigenvalue weighted by molar-refractivity contribution is -0.141. The second-order valence-corrected chi connectivity index (χ2v) is 7.52. The highest BCUT2D eigenvalue weighted by Crippen LogP contribution is 2.40. The Morgan fingerprint density at radius 2 is 2.00 bits per heavy atom. The molecule has 0 radical (unpaired) electrons. The van der Waals surface area contributed by atoms with Gasteiger partial charge in [-0.1, -0.05) is 28.1 Å². The van der Waals surface area contributed by atoms with Gasteiger partial charge in [0.05, 0.1) is 17.9 Å². The standard InChI is InChI=1S/C20H18BrNO5/c21-13-7-5-12(6-8-13)18(23)16-17(15-4-2-10-27-15)22(20(25)19(16)24)11-14-3-1-9-26-14/h2,4-8,10,14,17,23H,1,3,9,11H2. The van der Waals surface area contributed by atoms with Gasteiger partial charge >= 0.3 is 0 Å². The molecule has 1 aromatic heterocycles. The number of amides is 1. The van der Waals surface area contributed by atoms with Crippen LogP contribution in [0.1, 0.15) is 30.2 Å². The first-order valence-electron chi connectivity index (χ1n) is 8.75. The second kappa shape index (κ2) is 7.32. The van der Waals surface area contributed by atoms with E-state index in [1.165, 1.54) is 11.2 Å². The quantitative estimate of drug-likeness (QED) is 0.454. The predicted molar refractivity (Wildman–Crippen MR) is 101 cm³/mol. The van der Waals surface area contributed by atoms with E-state index in [-0.39, 0.29) is 24.0 Å². The Labute approximate surface area is 164 Å². The normalized spacial score (nSPS) is 24.7. The van der Waals surface area contributed by atoms with E-state index in [2.05, 4.69) is 15.9 Å². The summed E-state index contributed by atoms with van der Waals surface area (Å²) in [5, 5.41) is 10.8. The van der Waals surface area contributed by atoms with Gasteiger partial charge in [-0.3, -0.25) is 9.59 Å². The monoisotopic (exact) mass is 431 g/mol. The maximum absolute atomic E-state index is 12.8. The molecule has 0 saturated carbocycles. The number of likely N-dealkylation sites (tertiary alicyclic amines) is 1. The molecule has 0 bridgehead atoms. The molecule has 6 nitrogen and oxygen atoms in total. The molecule has 2 atom stereocenters. The van der Waals surface area contributed by atoms with Gasteiger partial charge in [-0.2, -0.15) is 0 Å². The average Bonchev–Trinajstić information content (AvgIpc) is 3.40. The van der Waals surface area contributed by atoms with E-state index in [0.717, 1.165) is 17.3 Å². The number of halogens is 1. The second-order valence-electron chi connectivity index (χ2n) is 6.61. The van der Waals surface area contributed by atoms with Gasteiger partial charge in [0.2, 0.25) is 0 Å². The van der Waals surface area contributed by atoms with Crippen LogP contribution < -0.4 is 0 Å². The fourth-order valence-corrected chi connectivity index (χ4v) is 3.85. The Hall–Kier alpha value is -2.38. The number of furan rings is 1. The van der Waals surface area contributed by atoms with Crippen molar-refractivity contribution >= 4 is 33.4 Å². The van der Waals surface area contributed by atoms with Crippen LogP contribution in [-0.4, -0.2) is 41.0 Å². The van der Waals surface area contributed by atoms with Gasteiger partial charge in [0.25, 0.3) is 11.7 Å². The van der Waals surface area contributed by atoms with Crippen LogP contribution in [0, 0.1) is 0 Å². The van der Waals surface area contributed by atoms with Crippen molar-refractivity contribution in [1.82, 2.24) is 4.90 Å². The molecular weight excluding hydrogens is 414 g/mol. The van der Waals surface area contributed by atoms with Crippen molar-refractivity contribution in [2.45, 2.75) is 25.0 Å². The highest BCUT2D eigenvalue weighted by molar-refractivity contribution is 9.10. The molecule has 2 saturated heterocycles. The third kappa shape index (κ3) is 3.33. The van der Waals surface area contributed by atoms with Crippen molar-refractivity contribution in [1.29, 1.82) is 0 Å². The Bertz CT molecular complexity index is 882. The molecule has 7 heteroatoms. The van der Waals surface area contributed by atoms with Crippen LogP contribution in [0.5, 0.6) is 0 Å². The van der Waals surface area contributed by atoms with Gasteiger partial charge in [-0.15, -0.1) is 0 Å². The zero-order chi connectivity index (χ0) is 19.0. The summed E-state index contributed by atoms with van der Waals surface area (Å²) < 4.78 is 12.0. The molecule has 2 unspecified atom stereocenters. The molecule has 1 N–H and O–H groups in total. The largest absolute Gasteiger partial charge is 0.507 e. The molecule has 2 aromatic rings. The highest BCUT2D eigenvalue weighted by Gasteiger charge is 2.48. The van der Waals surface area contributed by atoms with Gasteiger partial charge in [0, 0.05) is 23.2 Å². The number of ether oxygens (including phenoxy) is 1. The van der Waals surface area contributed by atoms with Crippen molar-refractivity contribution in [3.8, 4) is 0 Å². The summed E-state index contributed by atoms with van der Waals surface area (Å²) in [6.45, 7) is 0.936. The molecule has 2 fully saturated rings. The molecule has 27 heavy (non-hydrogen) atoms. The molecule has 2 aliphatic heterocycles. The van der Waals surface area contributed by atoms with E-state index in [4.69, 9.17) is 9.15 Å². The van der Waals surface area contributed by atoms with Crippen molar-refractivity contribution in [3.05, 3.63) is 64.0 Å². The van der Waals surface area contributed by atoms with E-state index in [1.807, 2.05) is 0 Å². The number of aliphatic hydroxyl groups excluding tert-OH is 1. The molecule has 1 amide bonds. The zero-order valence-electron chi connectivity index (χ0n) is 14.4. The van der Waals surface area contributed by atoms with Crippen LogP contribution in [0.2, 0.25) is 0 Å². The summed E-state index contributed by atoms with van der Waals surface area (Å²) in [5.74, 6) is -1.14. The number of carbonyl (C=O) groups is 2. The molecule has 140 valence electrons. The Morgan fingerprint density at radius 1 is 1.22 bits per heavy atom. The van der Waals surface area contributed by atoms with Crippen molar-refractivity contribution in [2.24, 2.45) is 0 Å². The number of Topliss-reactive ketones (excluding diaryl/α,β-unsaturated/α-hetero) is 1. The lowest BCUT2D eigenvalue weighted by Crippen LogP contribution is -2.36. The third-order valence-corrected chi connectivity index (χ3v) is 5.42. The van der Waals surface area contributed by atoms with Crippen LogP contribution >= 0.6 is 15.9 Å². The minimum absolute atomic E-state index is 0.0373. The lowest BCUT2D eigenvalue weighted by Gasteiger charge is -2.25. The minimum atomic E-state index is -0.771. The maximum Gasteiger partial charge on any atom is 0.295 e. The van der Waals surface area contributed by atoms with Gasteiger partial charge < -0.3 is 19.2 Å². The first kappa shape index (κ1) is 18.0. The van der Waals surface area contributed by atoms with Crippen LogP contribution in [0.4, 0.5) is 0 Å². The van der Waals surface area contributed by atoms with Gasteiger partial charge in [0.15, 0.2) is 0 Å². The fourth-order valence-electron chi connectivity index (χ4n) is 3.58. The summed E-state index contributed by atoms with van der Waals surface area (Å²) >= 11 is 3.35. The molecular formula is C20H18BrNO5. The van der Waals surface area contributed by atoms with E-state index < -0.39 is 17.7 Å². The van der Waals surface area contributed by atoms with Crippen LogP contribution in [-0.2, 0) is 14.3 Å². The summed E-state index contributed by atoms with van der Waals surface area (Å²) in [4.78, 5) is 26.9. The lowest BCUT2D eigenvalue weighted by atomic mass is 9.99. The molecule has 3 heterocycles. The summed E-state index contributed by atoms with van der Waals surface area (Å²) in [6, 6.07) is 9.53. The SMILES string of the molecule is O=C1C(=O)N(CC2CCCO2)C(c2ccco2)C1=C(O)c1ccc(Br)cc1. The average molecular weight is 432 g/mol. The van der Waals surface area contributed by atoms with Crippen molar-refractivity contribution < 1.29 is 23.8 Å². The minimum Gasteiger partial charge on any atom is -0.507 e. The smallest absolute Gasteiger partial charge is 0.295 e.